The third-order valence-corrected chi connectivity index (χ3v) is 26.1. The molecule has 9 aromatic rings. The SMILES string of the molecule is COc1c2cc(C(C)(C)C)cc1Cc1cc(C(C)(C)C)cc(c1OCCNS(=O)(=O)c1ccccc1[N+](=O)[O-])Cc1cc(C(C)(C)C)cc(c1OC)Cc1cc(C(C)(C)C)cc(c1OCCNS(=O)(=O)c1ccccc1[N+](=O)[O-])Cc1cc(C(C)(C)C)cc(c1OC)Cc1cc(C(C)(C)C)cc(c1OCCNS(=O)(=O)c1ccccc1[N+](=O)[O-])C2. The van der Waals surface area contributed by atoms with Crippen LogP contribution in [0.4, 0.5) is 17.1 Å². The van der Waals surface area contributed by atoms with Crippen LogP contribution in [-0.2, 0) is 101 Å². The highest BCUT2D eigenvalue weighted by Gasteiger charge is 2.35. The summed E-state index contributed by atoms with van der Waals surface area (Å²) >= 11 is 0. The Bertz CT molecular complexity index is 5060. The quantitative estimate of drug-likeness (QED) is 0.0287. The molecule has 1 aliphatic rings. The lowest BCUT2D eigenvalue weighted by Crippen LogP contribution is -2.29. The molecule has 120 heavy (non-hydrogen) atoms. The van der Waals surface area contributed by atoms with E-state index in [0.29, 0.717) is 67.9 Å². The minimum atomic E-state index is -4.49. The molecule has 0 amide bonds. The van der Waals surface area contributed by atoms with Crippen molar-refractivity contribution < 1.29 is 68.4 Å². The predicted molar refractivity (Wildman–Crippen MR) is 469 cm³/mol. The van der Waals surface area contributed by atoms with Crippen LogP contribution in [0.1, 0.15) is 225 Å². The summed E-state index contributed by atoms with van der Waals surface area (Å²) in [5, 5.41) is 36.8. The maximum Gasteiger partial charge on any atom is 0.289 e. The van der Waals surface area contributed by atoms with Crippen molar-refractivity contribution in [3.63, 3.8) is 0 Å². The highest BCUT2D eigenvalue weighted by molar-refractivity contribution is 7.90. The van der Waals surface area contributed by atoms with E-state index in [0.717, 1.165) is 85.0 Å². The number of ether oxygens (including phenoxy) is 6. The van der Waals surface area contributed by atoms with Crippen LogP contribution in [0.2, 0.25) is 0 Å². The Morgan fingerprint density at radius 1 is 0.283 bits per heavy atom. The Morgan fingerprint density at radius 3 is 0.592 bits per heavy atom. The number of nitro groups is 3. The fraction of sp³-hybridized carbons (Fsp3) is 0.419. The second-order valence-corrected chi connectivity index (χ2v) is 42.0. The van der Waals surface area contributed by atoms with Crippen molar-refractivity contribution >= 4 is 47.1 Å². The number of para-hydroxylation sites is 3. The molecule has 10 rings (SSSR count). The first-order chi connectivity index (χ1) is 55.8. The third kappa shape index (κ3) is 21.5. The number of methoxy groups -OCH3 is 3. The first kappa shape index (κ1) is 92.0. The van der Waals surface area contributed by atoms with Crippen molar-refractivity contribution in [3.8, 4) is 34.5 Å². The zero-order valence-corrected chi connectivity index (χ0v) is 75.2. The molecule has 3 N–H and O–H groups in total. The van der Waals surface area contributed by atoms with Crippen molar-refractivity contribution in [3.05, 3.63) is 276 Å². The number of rotatable bonds is 24. The summed E-state index contributed by atoms with van der Waals surface area (Å²) in [6.45, 7) is 36.6. The van der Waals surface area contributed by atoms with Gasteiger partial charge in [-0.15, -0.1) is 0 Å². The number of nitrogens with one attached hydrogen (secondary N) is 3. The van der Waals surface area contributed by atoms with Crippen molar-refractivity contribution in [2.24, 2.45) is 0 Å². The standard InChI is InChI=1S/C93H114N6O18S3/c1-88(2,3)70-46-58-40-64-52-73(91(10,11)12)54-66(85(64)115-37-34-94-118(106,107)79-31-25-22-28-76(79)97(100)101)42-60-48-71(89(4,5)6)50-62(83(60)113-20)44-68-56-75(93(16,17)18)57-69(87(68)117-39-36-96-120(110,111)81-33-27-24-30-78(81)99(104)105)45-63-51-72(90(7,8)9)49-61(84(63)114-21)43-67-55-74(92(13,14)15)53-65(41-59(47-70)82(58)112-19)86(67)116-38-35-95-119(108,109)80-32-26-23-29-77(80)98(102)103/h22-33,46-57,94-96H,34-45H2,1-21H3. The second-order valence-electron chi connectivity index (χ2n) is 36.8. The largest absolute Gasteiger partial charge is 0.496 e. The van der Waals surface area contributed by atoms with Gasteiger partial charge in [-0.3, -0.25) is 30.3 Å². The summed E-state index contributed by atoms with van der Waals surface area (Å²) in [6.07, 6.45) is 1.11. The van der Waals surface area contributed by atoms with Gasteiger partial charge in [0.25, 0.3) is 17.1 Å². The molecule has 0 saturated heterocycles. The van der Waals surface area contributed by atoms with Gasteiger partial charge < -0.3 is 28.4 Å². The lowest BCUT2D eigenvalue weighted by molar-refractivity contribution is -0.388. The average Bonchev–Trinajstić information content (AvgIpc) is 0.763. The third-order valence-electron chi connectivity index (χ3n) is 21.5. The molecule has 12 bridgehead atoms. The molecule has 1 aliphatic carbocycles. The van der Waals surface area contributed by atoms with Crippen LogP contribution in [0, 0.1) is 30.3 Å². The van der Waals surface area contributed by atoms with Crippen LogP contribution in [0.3, 0.4) is 0 Å². The average molecular weight is 1700 g/mol. The van der Waals surface area contributed by atoms with Gasteiger partial charge in [0, 0.05) is 76.4 Å². The van der Waals surface area contributed by atoms with Gasteiger partial charge >= 0.3 is 0 Å². The number of fused-ring (bicyclic) bond motifs is 12. The van der Waals surface area contributed by atoms with Crippen molar-refractivity contribution in [1.29, 1.82) is 0 Å². The summed E-state index contributed by atoms with van der Waals surface area (Å²) in [7, 11) is -8.57. The van der Waals surface area contributed by atoms with E-state index in [1.54, 1.807) is 21.3 Å². The van der Waals surface area contributed by atoms with Crippen LogP contribution >= 0.6 is 0 Å². The van der Waals surface area contributed by atoms with Crippen LogP contribution in [0.25, 0.3) is 0 Å². The minimum Gasteiger partial charge on any atom is -0.496 e. The first-order valence-corrected chi connectivity index (χ1v) is 44.5. The fourth-order valence-electron chi connectivity index (χ4n) is 15.0. The lowest BCUT2D eigenvalue weighted by Gasteiger charge is -2.29. The van der Waals surface area contributed by atoms with Gasteiger partial charge in [0.15, 0.2) is 14.7 Å². The maximum atomic E-state index is 14.2. The molecule has 642 valence electrons. The van der Waals surface area contributed by atoms with E-state index in [2.05, 4.69) is 212 Å². The van der Waals surface area contributed by atoms with Crippen LogP contribution in [0.5, 0.6) is 34.5 Å². The van der Waals surface area contributed by atoms with Gasteiger partial charge in [0.05, 0.1) is 36.1 Å². The lowest BCUT2D eigenvalue weighted by atomic mass is 9.79. The Hall–Kier alpha value is -10.3. The van der Waals surface area contributed by atoms with Gasteiger partial charge in [-0.25, -0.2) is 39.4 Å². The number of hydrogen-bond acceptors (Lipinski definition) is 18. The molecule has 0 radical (unpaired) electrons. The van der Waals surface area contributed by atoms with E-state index >= 15 is 0 Å². The molecule has 9 aromatic carbocycles. The Balaban J connectivity index is 1.29. The molecule has 0 aromatic heterocycles. The Labute approximate surface area is 707 Å². The summed E-state index contributed by atoms with van der Waals surface area (Å²) in [5.74, 6) is 2.92. The fourth-order valence-corrected chi connectivity index (χ4v) is 18.5. The molecule has 24 nitrogen and oxygen atoms in total. The van der Waals surface area contributed by atoms with Crippen LogP contribution in [0.15, 0.2) is 160 Å². The van der Waals surface area contributed by atoms with Gasteiger partial charge in [-0.1, -0.05) is 234 Å². The van der Waals surface area contributed by atoms with E-state index in [1.807, 2.05) is 0 Å². The van der Waals surface area contributed by atoms with E-state index in [1.165, 1.54) is 54.6 Å². The first-order valence-electron chi connectivity index (χ1n) is 40.0. The van der Waals surface area contributed by atoms with Gasteiger partial charge in [-0.2, -0.15) is 0 Å². The highest BCUT2D eigenvalue weighted by atomic mass is 32.2. The molecule has 0 aliphatic heterocycles. The molecule has 0 fully saturated rings. The monoisotopic (exact) mass is 1700 g/mol. The molecular weight excluding hydrogens is 1590 g/mol. The molecule has 0 spiro atoms. The van der Waals surface area contributed by atoms with Gasteiger partial charge in [-0.05, 0) is 151 Å². The highest BCUT2D eigenvalue weighted by Crippen LogP contribution is 2.47. The molecular formula is C93H114N6O18S3. The van der Waals surface area contributed by atoms with Gasteiger partial charge in [0.2, 0.25) is 30.1 Å². The Morgan fingerprint density at radius 2 is 0.442 bits per heavy atom. The van der Waals surface area contributed by atoms with Gasteiger partial charge in [0.1, 0.15) is 54.3 Å². The normalized spacial score (nSPS) is 13.4. The number of sulfonamides is 3. The summed E-state index contributed by atoms with van der Waals surface area (Å²) in [4.78, 5) is 33.0. The van der Waals surface area contributed by atoms with E-state index in [-0.39, 0.29) is 78.0 Å². The van der Waals surface area contributed by atoms with Crippen LogP contribution < -0.4 is 42.6 Å². The minimum absolute atomic E-state index is 0.185. The van der Waals surface area contributed by atoms with E-state index in [4.69, 9.17) is 28.4 Å². The summed E-state index contributed by atoms with van der Waals surface area (Å²) in [5.41, 5.74) is 9.77. The maximum absolute atomic E-state index is 14.2. The van der Waals surface area contributed by atoms with Crippen molar-refractivity contribution in [2.45, 2.75) is 210 Å². The summed E-state index contributed by atoms with van der Waals surface area (Å²) < 4.78 is 134. The number of nitrogens with zero attached hydrogens (tertiary/aromatic N) is 3. The number of benzene rings is 9. The summed E-state index contributed by atoms with van der Waals surface area (Å²) in [6, 6.07) is 40.9. The molecule has 0 atom stereocenters. The second kappa shape index (κ2) is 35.8. The topological polar surface area (TPSA) is 323 Å². The molecule has 0 heterocycles. The predicted octanol–water partition coefficient (Wildman–Crippen LogP) is 18.2. The zero-order valence-electron chi connectivity index (χ0n) is 72.8. The van der Waals surface area contributed by atoms with E-state index < -0.39 is 109 Å². The molecule has 27 heteroatoms. The van der Waals surface area contributed by atoms with Crippen LogP contribution in [-0.4, -0.2) is 101 Å². The molecule has 0 unspecified atom stereocenters. The van der Waals surface area contributed by atoms with Crippen molar-refractivity contribution in [1.82, 2.24) is 14.2 Å². The Kier molecular flexibility index (Phi) is 27.4. The smallest absolute Gasteiger partial charge is 0.289 e. The van der Waals surface area contributed by atoms with Crippen molar-refractivity contribution in [2.75, 3.05) is 60.8 Å². The van der Waals surface area contributed by atoms with E-state index in [9.17, 15) is 55.6 Å². The zero-order chi connectivity index (χ0) is 88.4. The number of nitro benzene ring substituents is 3. The molecule has 0 saturated carbocycles. The number of hydrogen-bond donors (Lipinski definition) is 3.